The zero-order valence-electron chi connectivity index (χ0n) is 17.3. The fourth-order valence-corrected chi connectivity index (χ4v) is 4.34. The second-order valence-corrected chi connectivity index (χ2v) is 8.48. The summed E-state index contributed by atoms with van der Waals surface area (Å²) in [5.74, 6) is -0.131. The van der Waals surface area contributed by atoms with Gasteiger partial charge in [-0.15, -0.1) is 0 Å². The summed E-state index contributed by atoms with van der Waals surface area (Å²) in [6.45, 7) is 4.96. The second-order valence-electron chi connectivity index (χ2n) is 8.48. The van der Waals surface area contributed by atoms with Gasteiger partial charge in [0.1, 0.15) is 5.69 Å². The normalized spacial score (nSPS) is 22.5. The predicted molar refractivity (Wildman–Crippen MR) is 104 cm³/mol. The highest BCUT2D eigenvalue weighted by Crippen LogP contribution is 2.35. The molecule has 0 bridgehead atoms. The zero-order valence-corrected chi connectivity index (χ0v) is 17.3. The number of fused-ring (bicyclic) bond motifs is 1. The monoisotopic (exact) mass is 424 g/mol. The van der Waals surface area contributed by atoms with Crippen LogP contribution in [0.25, 0.3) is 5.65 Å². The number of ether oxygens (including phenoxy) is 1. The number of carbonyl (C=O) groups excluding carboxylic acids is 1. The van der Waals surface area contributed by atoms with E-state index >= 15 is 0 Å². The Hall–Kier alpha value is -2.16. The zero-order chi connectivity index (χ0) is 21.5. The van der Waals surface area contributed by atoms with Gasteiger partial charge in [0.25, 0.3) is 0 Å². The lowest BCUT2D eigenvalue weighted by Gasteiger charge is -2.24. The van der Waals surface area contributed by atoms with Crippen LogP contribution in [-0.2, 0) is 15.7 Å². The molecule has 0 N–H and O–H groups in total. The molecule has 0 unspecified atom stereocenters. The Morgan fingerprint density at radius 3 is 2.73 bits per heavy atom. The molecular weight excluding hydrogens is 397 g/mol. The maximum Gasteiger partial charge on any atom is 0.433 e. The van der Waals surface area contributed by atoms with Crippen molar-refractivity contribution in [2.24, 2.45) is 0 Å². The predicted octanol–water partition coefficient (Wildman–Crippen LogP) is 4.49. The van der Waals surface area contributed by atoms with Crippen LogP contribution >= 0.6 is 0 Å². The van der Waals surface area contributed by atoms with E-state index in [4.69, 9.17) is 4.74 Å². The lowest BCUT2D eigenvalue weighted by Crippen LogP contribution is -2.31. The molecule has 2 aliphatic rings. The maximum absolute atomic E-state index is 13.6. The van der Waals surface area contributed by atoms with Crippen molar-refractivity contribution < 1.29 is 22.7 Å². The molecule has 30 heavy (non-hydrogen) atoms. The molecule has 2 saturated heterocycles. The molecule has 6 nitrogen and oxygen atoms in total. The summed E-state index contributed by atoms with van der Waals surface area (Å²) >= 11 is 0. The first kappa shape index (κ1) is 21.1. The molecule has 2 aliphatic heterocycles. The Kier molecular flexibility index (Phi) is 5.74. The number of alkyl halides is 3. The van der Waals surface area contributed by atoms with Gasteiger partial charge in [0.2, 0.25) is 5.91 Å². The molecule has 0 aromatic carbocycles. The fraction of sp³-hybridized carbons (Fsp3) is 0.667. The van der Waals surface area contributed by atoms with Gasteiger partial charge < -0.3 is 9.64 Å². The average molecular weight is 424 g/mol. The first-order valence-corrected chi connectivity index (χ1v) is 10.6. The van der Waals surface area contributed by atoms with Crippen LogP contribution in [0.1, 0.15) is 81.4 Å². The number of hydrogen-bond donors (Lipinski definition) is 0. The number of amides is 1. The van der Waals surface area contributed by atoms with Crippen LogP contribution in [0.3, 0.4) is 0 Å². The number of rotatable bonds is 5. The molecule has 1 amide bonds. The van der Waals surface area contributed by atoms with Crippen molar-refractivity contribution in [3.8, 4) is 0 Å². The van der Waals surface area contributed by atoms with Crippen molar-refractivity contribution >= 4 is 11.6 Å². The summed E-state index contributed by atoms with van der Waals surface area (Å²) < 4.78 is 47.4. The van der Waals surface area contributed by atoms with Crippen LogP contribution in [0.15, 0.2) is 12.1 Å². The number of carbonyl (C=O) groups is 1. The van der Waals surface area contributed by atoms with Gasteiger partial charge in [-0.3, -0.25) is 4.79 Å². The van der Waals surface area contributed by atoms with Gasteiger partial charge in [-0.2, -0.15) is 18.3 Å². The van der Waals surface area contributed by atoms with Gasteiger partial charge >= 0.3 is 6.18 Å². The SMILES string of the molecule is CC(C)c1cc(C(F)(F)F)n2nc([C@@H]3CCCN3C(=O)CC[C@@H]3CCCO3)cc2n1. The average Bonchev–Trinajstić information content (AvgIpc) is 3.43. The number of nitrogens with zero attached hydrogens (tertiary/aromatic N) is 4. The van der Waals surface area contributed by atoms with Crippen molar-refractivity contribution in [3.05, 3.63) is 29.2 Å². The van der Waals surface area contributed by atoms with E-state index in [1.54, 1.807) is 11.0 Å². The smallest absolute Gasteiger partial charge is 0.378 e. The molecule has 2 aromatic heterocycles. The van der Waals surface area contributed by atoms with E-state index in [1.165, 1.54) is 0 Å². The van der Waals surface area contributed by atoms with Crippen LogP contribution in [-0.4, -0.2) is 44.7 Å². The third kappa shape index (κ3) is 4.17. The molecular formula is C21H27F3N4O2. The van der Waals surface area contributed by atoms with Crippen molar-refractivity contribution in [1.82, 2.24) is 19.5 Å². The quantitative estimate of drug-likeness (QED) is 0.709. The molecule has 2 aromatic rings. The van der Waals surface area contributed by atoms with Gasteiger partial charge in [-0.25, -0.2) is 9.50 Å². The second kappa shape index (κ2) is 8.17. The van der Waals surface area contributed by atoms with Crippen LogP contribution in [0.4, 0.5) is 13.2 Å². The molecule has 164 valence electrons. The molecule has 2 atom stereocenters. The van der Waals surface area contributed by atoms with E-state index in [1.807, 2.05) is 13.8 Å². The summed E-state index contributed by atoms with van der Waals surface area (Å²) in [4.78, 5) is 18.9. The third-order valence-electron chi connectivity index (χ3n) is 5.97. The van der Waals surface area contributed by atoms with Crippen LogP contribution in [0, 0.1) is 0 Å². The molecule has 9 heteroatoms. The standard InChI is InChI=1S/C21H27F3N4O2/c1-13(2)15-11-18(21(22,23)24)28-19(25-15)12-16(26-28)17-6-3-9-27(17)20(29)8-7-14-5-4-10-30-14/h11-14,17H,3-10H2,1-2H3/t14-,17-/m0/s1. The van der Waals surface area contributed by atoms with Crippen LogP contribution in [0.5, 0.6) is 0 Å². The lowest BCUT2D eigenvalue weighted by molar-refractivity contribution is -0.142. The highest BCUT2D eigenvalue weighted by molar-refractivity contribution is 5.77. The number of hydrogen-bond acceptors (Lipinski definition) is 4. The first-order valence-electron chi connectivity index (χ1n) is 10.6. The van der Waals surface area contributed by atoms with E-state index in [2.05, 4.69) is 10.1 Å². The largest absolute Gasteiger partial charge is 0.433 e. The van der Waals surface area contributed by atoms with Gasteiger partial charge in [-0.05, 0) is 44.1 Å². The number of likely N-dealkylation sites (tertiary alicyclic amines) is 1. The Labute approximate surface area is 173 Å². The Bertz CT molecular complexity index is 919. The van der Waals surface area contributed by atoms with E-state index in [-0.39, 0.29) is 29.6 Å². The summed E-state index contributed by atoms with van der Waals surface area (Å²) in [5.41, 5.74) is 0.174. The van der Waals surface area contributed by atoms with Crippen LogP contribution in [0.2, 0.25) is 0 Å². The summed E-state index contributed by atoms with van der Waals surface area (Å²) in [6.07, 6.45) is 0.170. The van der Waals surface area contributed by atoms with Crippen molar-refractivity contribution in [2.45, 2.75) is 76.6 Å². The minimum absolute atomic E-state index is 0.0110. The van der Waals surface area contributed by atoms with E-state index in [0.717, 1.165) is 36.5 Å². The Balaban J connectivity index is 1.60. The van der Waals surface area contributed by atoms with Gasteiger partial charge in [0, 0.05) is 31.3 Å². The van der Waals surface area contributed by atoms with Gasteiger partial charge in [0.05, 0.1) is 17.8 Å². The summed E-state index contributed by atoms with van der Waals surface area (Å²) in [7, 11) is 0. The highest BCUT2D eigenvalue weighted by Gasteiger charge is 2.37. The Morgan fingerprint density at radius 2 is 2.07 bits per heavy atom. The maximum atomic E-state index is 13.6. The number of aromatic nitrogens is 3. The van der Waals surface area contributed by atoms with Crippen molar-refractivity contribution in [1.29, 1.82) is 0 Å². The Morgan fingerprint density at radius 1 is 1.27 bits per heavy atom. The summed E-state index contributed by atoms with van der Waals surface area (Å²) in [6, 6.07) is 2.35. The first-order chi connectivity index (χ1) is 14.2. The van der Waals surface area contributed by atoms with E-state index in [9.17, 15) is 18.0 Å². The minimum Gasteiger partial charge on any atom is -0.378 e. The topological polar surface area (TPSA) is 59.7 Å². The number of halogens is 3. The molecule has 4 rings (SSSR count). The van der Waals surface area contributed by atoms with E-state index < -0.39 is 11.9 Å². The fourth-order valence-electron chi connectivity index (χ4n) is 4.34. The molecule has 0 spiro atoms. The molecule has 0 aliphatic carbocycles. The minimum atomic E-state index is -4.54. The molecule has 4 heterocycles. The van der Waals surface area contributed by atoms with E-state index in [0.29, 0.717) is 37.2 Å². The molecule has 0 radical (unpaired) electrons. The van der Waals surface area contributed by atoms with Crippen molar-refractivity contribution in [3.63, 3.8) is 0 Å². The molecule has 2 fully saturated rings. The lowest BCUT2D eigenvalue weighted by atomic mass is 10.1. The van der Waals surface area contributed by atoms with Gasteiger partial charge in [-0.1, -0.05) is 13.8 Å². The highest BCUT2D eigenvalue weighted by atomic mass is 19.4. The summed E-state index contributed by atoms with van der Waals surface area (Å²) in [5, 5.41) is 4.25. The van der Waals surface area contributed by atoms with Crippen LogP contribution < -0.4 is 0 Å². The molecule has 0 saturated carbocycles. The van der Waals surface area contributed by atoms with Gasteiger partial charge in [0.15, 0.2) is 5.65 Å². The third-order valence-corrected chi connectivity index (χ3v) is 5.97. The van der Waals surface area contributed by atoms with Crippen molar-refractivity contribution in [2.75, 3.05) is 13.2 Å².